The Kier molecular flexibility index (Phi) is 19.1. The maximum atomic E-state index is 12.3. The lowest BCUT2D eigenvalue weighted by Crippen LogP contribution is -2.17. The molecule has 240 valence electrons. The number of nitrogen functional groups attached to an aromatic ring is 1. The zero-order chi connectivity index (χ0) is 30.0. The fourth-order valence-corrected chi connectivity index (χ4v) is 6.18. The van der Waals surface area contributed by atoms with Crippen LogP contribution in [0.5, 0.6) is 0 Å². The summed E-state index contributed by atoms with van der Waals surface area (Å²) in [5.41, 5.74) is 10.4. The number of rotatable bonds is 22. The third kappa shape index (κ3) is 17.3. The van der Waals surface area contributed by atoms with Gasteiger partial charge in [0.1, 0.15) is 26.3 Å². The normalized spacial score (nSPS) is 13.7. The zero-order valence-corrected chi connectivity index (χ0v) is 28.8. The zero-order valence-electron chi connectivity index (χ0n) is 26.9. The molecular formula is C30H58N6O4PSi+. The average Bonchev–Trinajstić information content (AvgIpc) is 3.32. The molecular weight excluding hydrogens is 567 g/mol. The summed E-state index contributed by atoms with van der Waals surface area (Å²) >= 11 is 0. The van der Waals surface area contributed by atoms with Gasteiger partial charge in [-0.3, -0.25) is 4.57 Å². The van der Waals surface area contributed by atoms with Gasteiger partial charge >= 0.3 is 7.60 Å². The van der Waals surface area contributed by atoms with Crippen LogP contribution in [0.25, 0.3) is 11.2 Å². The van der Waals surface area contributed by atoms with E-state index in [0.29, 0.717) is 23.5 Å². The monoisotopic (exact) mass is 625 g/mol. The number of ether oxygens (including phenoxy) is 1. The Morgan fingerprint density at radius 1 is 0.929 bits per heavy atom. The molecule has 7 N–H and O–H groups in total. The van der Waals surface area contributed by atoms with Crippen molar-refractivity contribution in [3.63, 3.8) is 0 Å². The molecule has 2 heterocycles. The number of quaternary nitrogens is 1. The van der Waals surface area contributed by atoms with Gasteiger partial charge in [-0.1, -0.05) is 96.7 Å². The van der Waals surface area contributed by atoms with E-state index in [-0.39, 0.29) is 25.2 Å². The molecule has 0 saturated carbocycles. The number of aromatic nitrogens is 4. The summed E-state index contributed by atoms with van der Waals surface area (Å²) in [7, 11) is -4.97. The quantitative estimate of drug-likeness (QED) is 0.0512. The SMILES string of the molecule is C[C@H](Cn1cnc2c(N)ncnc21)OCP(=O)(O)OCCCCCCCCCCCCCCCCC#C[Si](C)(C)C.[NH4+]. The van der Waals surface area contributed by atoms with Crippen molar-refractivity contribution in [2.75, 3.05) is 18.7 Å². The highest BCUT2D eigenvalue weighted by molar-refractivity contribution is 7.52. The Balaban J connectivity index is 0.00000882. The number of nitrogens with zero attached hydrogens (tertiary/aromatic N) is 4. The first kappa shape index (κ1) is 38.2. The molecule has 42 heavy (non-hydrogen) atoms. The van der Waals surface area contributed by atoms with E-state index in [0.717, 1.165) is 25.7 Å². The lowest BCUT2D eigenvalue weighted by molar-refractivity contribution is 0.0715. The molecule has 0 amide bonds. The number of hydrogen-bond acceptors (Lipinski definition) is 7. The van der Waals surface area contributed by atoms with Crippen molar-refractivity contribution in [2.45, 2.75) is 136 Å². The van der Waals surface area contributed by atoms with Crippen molar-refractivity contribution >= 4 is 32.7 Å². The summed E-state index contributed by atoms with van der Waals surface area (Å²) in [4.78, 5) is 22.5. The molecule has 0 fully saturated rings. The number of hydrogen-bond donors (Lipinski definition) is 3. The molecule has 2 aromatic heterocycles. The molecule has 1 unspecified atom stereocenters. The Bertz CT molecular complexity index is 1110. The third-order valence-corrected chi connectivity index (χ3v) is 8.85. The Morgan fingerprint density at radius 3 is 2.05 bits per heavy atom. The van der Waals surface area contributed by atoms with E-state index in [9.17, 15) is 9.46 Å². The van der Waals surface area contributed by atoms with Crippen LogP contribution in [0.4, 0.5) is 5.82 Å². The van der Waals surface area contributed by atoms with Gasteiger partial charge in [0.15, 0.2) is 11.5 Å². The van der Waals surface area contributed by atoms with E-state index in [4.69, 9.17) is 15.0 Å². The van der Waals surface area contributed by atoms with Crippen molar-refractivity contribution in [2.24, 2.45) is 0 Å². The fourth-order valence-electron chi connectivity index (χ4n) is 4.59. The first-order valence-corrected chi connectivity index (χ1v) is 20.8. The van der Waals surface area contributed by atoms with Crippen LogP contribution < -0.4 is 11.9 Å². The average molecular weight is 626 g/mol. The van der Waals surface area contributed by atoms with E-state index < -0.39 is 15.7 Å². The molecule has 0 bridgehead atoms. The van der Waals surface area contributed by atoms with Gasteiger partial charge in [-0.25, -0.2) is 15.0 Å². The predicted octanol–water partition coefficient (Wildman–Crippen LogP) is 8.08. The summed E-state index contributed by atoms with van der Waals surface area (Å²) < 4.78 is 25.0. The van der Waals surface area contributed by atoms with Crippen LogP contribution in [0.1, 0.15) is 103 Å². The number of nitrogens with two attached hydrogens (primary N) is 1. The van der Waals surface area contributed by atoms with Gasteiger partial charge in [0, 0.05) is 6.42 Å². The summed E-state index contributed by atoms with van der Waals surface area (Å²) in [6, 6.07) is 0. The number of imidazole rings is 1. The second-order valence-electron chi connectivity index (χ2n) is 12.2. The van der Waals surface area contributed by atoms with Crippen molar-refractivity contribution in [1.29, 1.82) is 0 Å². The molecule has 2 aromatic rings. The van der Waals surface area contributed by atoms with Crippen LogP contribution in [0.2, 0.25) is 19.6 Å². The van der Waals surface area contributed by atoms with Gasteiger partial charge in [0.25, 0.3) is 0 Å². The first-order chi connectivity index (χ1) is 19.6. The maximum absolute atomic E-state index is 12.3. The van der Waals surface area contributed by atoms with Gasteiger partial charge in [0.2, 0.25) is 0 Å². The van der Waals surface area contributed by atoms with E-state index in [2.05, 4.69) is 46.1 Å². The lowest BCUT2D eigenvalue weighted by atomic mass is 10.0. The predicted molar refractivity (Wildman–Crippen MR) is 177 cm³/mol. The van der Waals surface area contributed by atoms with E-state index in [1.165, 1.54) is 77.0 Å². The second-order valence-corrected chi connectivity index (χ2v) is 18.7. The summed E-state index contributed by atoms with van der Waals surface area (Å²) in [6.07, 6.45) is 20.9. The van der Waals surface area contributed by atoms with Gasteiger partial charge in [-0.15, -0.1) is 11.5 Å². The first-order valence-electron chi connectivity index (χ1n) is 15.6. The molecule has 0 spiro atoms. The highest BCUT2D eigenvalue weighted by atomic mass is 31.2. The Morgan fingerprint density at radius 2 is 1.48 bits per heavy atom. The van der Waals surface area contributed by atoms with Gasteiger partial charge in [-0.05, 0) is 19.8 Å². The van der Waals surface area contributed by atoms with Crippen molar-refractivity contribution in [3.8, 4) is 11.5 Å². The Labute approximate surface area is 255 Å². The molecule has 0 saturated heterocycles. The Hall–Kier alpha value is -1.80. The van der Waals surface area contributed by atoms with Crippen LogP contribution >= 0.6 is 7.60 Å². The minimum Gasteiger partial charge on any atom is -0.382 e. The molecule has 2 rings (SSSR count). The van der Waals surface area contributed by atoms with Crippen molar-refractivity contribution in [1.82, 2.24) is 25.7 Å². The van der Waals surface area contributed by atoms with Crippen LogP contribution in [0.15, 0.2) is 12.7 Å². The smallest absolute Gasteiger partial charge is 0.353 e. The van der Waals surface area contributed by atoms with Crippen LogP contribution in [-0.4, -0.2) is 51.5 Å². The molecule has 0 aromatic carbocycles. The standard InChI is InChI=1S/C30H54N5O4PSi.H3N/c1-27(23-35-25-34-28-29(31)32-24-33-30(28)35)38-26-40(36,37)39-21-19-17-15-13-11-9-7-5-6-8-10-12-14-16-18-20-22-41(2,3)4;/h24-25,27H,5-19,21,23,26H2,1-4H3,(H,36,37)(H2,31,32,33);1H3/p+1/t27-;/m1./s1. The number of fused-ring (bicyclic) bond motifs is 1. The minimum atomic E-state index is -3.79. The van der Waals surface area contributed by atoms with Crippen LogP contribution in [0, 0.1) is 11.5 Å². The second kappa shape index (κ2) is 21.0. The van der Waals surface area contributed by atoms with Gasteiger partial charge < -0.3 is 30.6 Å². The van der Waals surface area contributed by atoms with Crippen molar-refractivity contribution in [3.05, 3.63) is 12.7 Å². The molecule has 0 aliphatic carbocycles. The third-order valence-electron chi connectivity index (χ3n) is 6.86. The molecule has 0 aliphatic heterocycles. The van der Waals surface area contributed by atoms with Gasteiger partial charge in [0.05, 0.1) is 25.6 Å². The topological polar surface area (TPSA) is 162 Å². The largest absolute Gasteiger partial charge is 0.382 e. The highest BCUT2D eigenvalue weighted by Gasteiger charge is 2.21. The van der Waals surface area contributed by atoms with Crippen LogP contribution in [0.3, 0.4) is 0 Å². The minimum absolute atomic E-state index is 0. The fraction of sp³-hybridized carbons (Fsp3) is 0.767. The molecule has 12 heteroatoms. The lowest BCUT2D eigenvalue weighted by Gasteiger charge is -2.17. The molecule has 0 aliphatic rings. The highest BCUT2D eigenvalue weighted by Crippen LogP contribution is 2.42. The molecule has 2 atom stereocenters. The summed E-state index contributed by atoms with van der Waals surface area (Å²) in [5.74, 6) is 3.69. The summed E-state index contributed by atoms with van der Waals surface area (Å²) in [5, 5.41) is 0. The molecule has 0 radical (unpaired) electrons. The number of unbranched alkanes of at least 4 members (excludes halogenated alkanes) is 14. The maximum Gasteiger partial charge on any atom is 0.353 e. The van der Waals surface area contributed by atoms with E-state index in [1.54, 1.807) is 10.9 Å². The van der Waals surface area contributed by atoms with Crippen LogP contribution in [-0.2, 0) is 20.4 Å². The van der Waals surface area contributed by atoms with Crippen molar-refractivity contribution < 1.29 is 18.7 Å². The number of anilines is 1. The molecule has 10 nitrogen and oxygen atoms in total. The summed E-state index contributed by atoms with van der Waals surface area (Å²) in [6.45, 7) is 9.43. The van der Waals surface area contributed by atoms with E-state index in [1.807, 2.05) is 6.92 Å². The van der Waals surface area contributed by atoms with Gasteiger partial charge in [-0.2, -0.15) is 0 Å². The van der Waals surface area contributed by atoms with E-state index >= 15 is 0 Å².